The Bertz CT molecular complexity index is 128. The van der Waals surface area contributed by atoms with Gasteiger partial charge in [-0.2, -0.15) is 0 Å². The molecule has 0 aliphatic rings. The molecule has 0 aromatic heterocycles. The van der Waals surface area contributed by atoms with Crippen LogP contribution < -0.4 is 5.73 Å². The van der Waals surface area contributed by atoms with Crippen molar-refractivity contribution in [2.75, 3.05) is 13.2 Å². The summed E-state index contributed by atoms with van der Waals surface area (Å²) in [6.45, 7) is 8.34. The largest absolute Gasteiger partial charge is 0.378 e. The number of hydrogen-bond donors (Lipinski definition) is 1. The minimum absolute atomic E-state index is 0.380. The Balaban J connectivity index is 3.66. The first kappa shape index (κ1) is 14.9. The molecule has 0 amide bonds. The van der Waals surface area contributed by atoms with Gasteiger partial charge in [0.25, 0.3) is 0 Å². The van der Waals surface area contributed by atoms with E-state index in [0.717, 1.165) is 31.9 Å². The number of rotatable bonds is 10. The Morgan fingerprint density at radius 3 is 2.27 bits per heavy atom. The molecule has 2 unspecified atom stereocenters. The summed E-state index contributed by atoms with van der Waals surface area (Å²) in [7, 11) is 0. The van der Waals surface area contributed by atoms with Gasteiger partial charge in [-0.1, -0.05) is 40.0 Å². The molecule has 0 bridgehead atoms. The van der Waals surface area contributed by atoms with Gasteiger partial charge in [-0.15, -0.1) is 0 Å². The highest BCUT2D eigenvalue weighted by Gasteiger charge is 2.10. The summed E-state index contributed by atoms with van der Waals surface area (Å²) >= 11 is 0. The smallest absolute Gasteiger partial charge is 0.0584 e. The van der Waals surface area contributed by atoms with Crippen molar-refractivity contribution < 1.29 is 4.74 Å². The van der Waals surface area contributed by atoms with Gasteiger partial charge in [0.05, 0.1) is 6.10 Å². The summed E-state index contributed by atoms with van der Waals surface area (Å²) in [6.07, 6.45) is 7.63. The summed E-state index contributed by atoms with van der Waals surface area (Å²) in [5.74, 6) is 0.747. The molecule has 0 aromatic carbocycles. The molecular formula is C13H29NO. The molecule has 2 nitrogen and oxygen atoms in total. The number of ether oxygens (including phenoxy) is 1. The lowest BCUT2D eigenvalue weighted by Crippen LogP contribution is -2.20. The lowest BCUT2D eigenvalue weighted by atomic mass is 10.0. The van der Waals surface area contributed by atoms with Crippen molar-refractivity contribution in [1.82, 2.24) is 0 Å². The summed E-state index contributed by atoms with van der Waals surface area (Å²) < 4.78 is 5.90. The summed E-state index contributed by atoms with van der Waals surface area (Å²) in [6, 6.07) is 0. The van der Waals surface area contributed by atoms with Crippen molar-refractivity contribution in [2.24, 2.45) is 11.7 Å². The first-order valence-corrected chi connectivity index (χ1v) is 6.60. The molecule has 2 N–H and O–H groups in total. The SMILES string of the molecule is CCCCC(CC)COC(CC)CCN. The molecule has 0 aromatic rings. The van der Waals surface area contributed by atoms with Crippen LogP contribution >= 0.6 is 0 Å². The van der Waals surface area contributed by atoms with Crippen molar-refractivity contribution in [3.63, 3.8) is 0 Å². The second kappa shape index (κ2) is 10.4. The van der Waals surface area contributed by atoms with Crippen LogP contribution in [0.2, 0.25) is 0 Å². The van der Waals surface area contributed by atoms with E-state index in [4.69, 9.17) is 10.5 Å². The Hall–Kier alpha value is -0.0800. The average molecular weight is 215 g/mol. The van der Waals surface area contributed by atoms with Gasteiger partial charge in [0, 0.05) is 6.61 Å². The quantitative estimate of drug-likeness (QED) is 0.606. The zero-order chi connectivity index (χ0) is 11.5. The summed E-state index contributed by atoms with van der Waals surface area (Å²) in [4.78, 5) is 0. The van der Waals surface area contributed by atoms with Crippen LogP contribution in [0.4, 0.5) is 0 Å². The monoisotopic (exact) mass is 215 g/mol. The standard InChI is InChI=1S/C13H29NO/c1-4-7-8-12(5-2)11-15-13(6-3)9-10-14/h12-13H,4-11,14H2,1-3H3. The Morgan fingerprint density at radius 2 is 1.80 bits per heavy atom. The highest BCUT2D eigenvalue weighted by molar-refractivity contribution is 4.60. The molecule has 0 radical (unpaired) electrons. The topological polar surface area (TPSA) is 35.2 Å². The van der Waals surface area contributed by atoms with Crippen LogP contribution in [0.5, 0.6) is 0 Å². The molecular weight excluding hydrogens is 186 g/mol. The highest BCUT2D eigenvalue weighted by Crippen LogP contribution is 2.15. The Kier molecular flexibility index (Phi) is 10.4. The first-order chi connectivity index (χ1) is 7.28. The maximum atomic E-state index is 5.90. The van der Waals surface area contributed by atoms with E-state index in [0.29, 0.717) is 6.10 Å². The minimum Gasteiger partial charge on any atom is -0.378 e. The predicted octanol–water partition coefficient (Wildman–Crippen LogP) is 3.35. The van der Waals surface area contributed by atoms with Gasteiger partial charge >= 0.3 is 0 Å². The highest BCUT2D eigenvalue weighted by atomic mass is 16.5. The number of unbranched alkanes of at least 4 members (excludes halogenated alkanes) is 1. The summed E-state index contributed by atoms with van der Waals surface area (Å²) in [5, 5.41) is 0. The van der Waals surface area contributed by atoms with E-state index >= 15 is 0 Å². The van der Waals surface area contributed by atoms with Crippen LogP contribution in [0.15, 0.2) is 0 Å². The molecule has 0 heterocycles. The van der Waals surface area contributed by atoms with Gasteiger partial charge < -0.3 is 10.5 Å². The van der Waals surface area contributed by atoms with E-state index in [-0.39, 0.29) is 0 Å². The van der Waals surface area contributed by atoms with Crippen LogP contribution in [0, 0.1) is 5.92 Å². The van der Waals surface area contributed by atoms with Crippen molar-refractivity contribution in [3.05, 3.63) is 0 Å². The molecule has 0 saturated heterocycles. The van der Waals surface area contributed by atoms with Gasteiger partial charge in [-0.25, -0.2) is 0 Å². The molecule has 92 valence electrons. The Labute approximate surface area is 95.6 Å². The van der Waals surface area contributed by atoms with E-state index < -0.39 is 0 Å². The second-order valence-electron chi connectivity index (χ2n) is 4.36. The normalized spacial score (nSPS) is 15.2. The van der Waals surface area contributed by atoms with Gasteiger partial charge in [-0.3, -0.25) is 0 Å². The molecule has 15 heavy (non-hydrogen) atoms. The second-order valence-corrected chi connectivity index (χ2v) is 4.36. The average Bonchev–Trinajstić information content (AvgIpc) is 2.27. The lowest BCUT2D eigenvalue weighted by molar-refractivity contribution is 0.0203. The lowest BCUT2D eigenvalue weighted by Gasteiger charge is -2.20. The maximum absolute atomic E-state index is 5.90. The van der Waals surface area contributed by atoms with Crippen molar-refractivity contribution in [3.8, 4) is 0 Å². The van der Waals surface area contributed by atoms with Gasteiger partial charge in [-0.05, 0) is 31.7 Å². The molecule has 0 aliphatic heterocycles. The molecule has 2 heteroatoms. The van der Waals surface area contributed by atoms with Gasteiger partial charge in [0.1, 0.15) is 0 Å². The van der Waals surface area contributed by atoms with Crippen molar-refractivity contribution in [2.45, 2.75) is 65.4 Å². The fraction of sp³-hybridized carbons (Fsp3) is 1.00. The van der Waals surface area contributed by atoms with Crippen LogP contribution in [-0.4, -0.2) is 19.3 Å². The van der Waals surface area contributed by atoms with Crippen LogP contribution in [-0.2, 0) is 4.74 Å². The van der Waals surface area contributed by atoms with Gasteiger partial charge in [0.15, 0.2) is 0 Å². The van der Waals surface area contributed by atoms with E-state index in [1.165, 1.54) is 25.7 Å². The van der Waals surface area contributed by atoms with E-state index in [1.54, 1.807) is 0 Å². The molecule has 0 spiro atoms. The van der Waals surface area contributed by atoms with Gasteiger partial charge in [0.2, 0.25) is 0 Å². The van der Waals surface area contributed by atoms with E-state index in [2.05, 4.69) is 20.8 Å². The van der Waals surface area contributed by atoms with Crippen molar-refractivity contribution >= 4 is 0 Å². The third-order valence-corrected chi connectivity index (χ3v) is 3.05. The maximum Gasteiger partial charge on any atom is 0.0584 e. The van der Waals surface area contributed by atoms with Crippen molar-refractivity contribution in [1.29, 1.82) is 0 Å². The van der Waals surface area contributed by atoms with E-state index in [9.17, 15) is 0 Å². The predicted molar refractivity (Wildman–Crippen MR) is 67.0 cm³/mol. The van der Waals surface area contributed by atoms with Crippen LogP contribution in [0.3, 0.4) is 0 Å². The molecule has 0 fully saturated rings. The minimum atomic E-state index is 0.380. The third-order valence-electron chi connectivity index (χ3n) is 3.05. The molecule has 0 saturated carbocycles. The number of nitrogens with two attached hydrogens (primary N) is 1. The van der Waals surface area contributed by atoms with Crippen LogP contribution in [0.1, 0.15) is 59.3 Å². The molecule has 2 atom stereocenters. The first-order valence-electron chi connectivity index (χ1n) is 6.60. The third kappa shape index (κ3) is 7.80. The fourth-order valence-electron chi connectivity index (χ4n) is 1.76. The molecule has 0 rings (SSSR count). The summed E-state index contributed by atoms with van der Waals surface area (Å²) in [5.41, 5.74) is 5.54. The molecule has 0 aliphatic carbocycles. The fourth-order valence-corrected chi connectivity index (χ4v) is 1.76. The Morgan fingerprint density at radius 1 is 1.07 bits per heavy atom. The van der Waals surface area contributed by atoms with E-state index in [1.807, 2.05) is 0 Å². The van der Waals surface area contributed by atoms with Crippen LogP contribution in [0.25, 0.3) is 0 Å². The zero-order valence-electron chi connectivity index (χ0n) is 10.8. The number of hydrogen-bond acceptors (Lipinski definition) is 2. The zero-order valence-corrected chi connectivity index (χ0v) is 10.8.